The number of ether oxygens (including phenoxy) is 1. The van der Waals surface area contributed by atoms with Gasteiger partial charge in [-0.3, -0.25) is 0 Å². The number of H-pyrrole nitrogens is 1. The summed E-state index contributed by atoms with van der Waals surface area (Å²) in [5.41, 5.74) is 0.771. The molecule has 5 heteroatoms. The van der Waals surface area contributed by atoms with Crippen LogP contribution in [0.15, 0.2) is 18.3 Å². The first kappa shape index (κ1) is 15.9. The highest BCUT2D eigenvalue weighted by molar-refractivity contribution is 5.68. The number of likely N-dealkylation sites (tertiary alicyclic amines) is 1. The molecular formula is C16H27N3O2. The summed E-state index contributed by atoms with van der Waals surface area (Å²) in [4.78, 5) is 17.0. The molecule has 1 saturated heterocycles. The van der Waals surface area contributed by atoms with Crippen molar-refractivity contribution < 1.29 is 9.53 Å². The van der Waals surface area contributed by atoms with E-state index in [0.717, 1.165) is 26.1 Å². The molecule has 5 nitrogen and oxygen atoms in total. The van der Waals surface area contributed by atoms with Crippen molar-refractivity contribution in [3.63, 3.8) is 0 Å². The lowest BCUT2D eigenvalue weighted by atomic mass is 10.1. The van der Waals surface area contributed by atoms with E-state index >= 15 is 0 Å². The smallest absolute Gasteiger partial charge is 0.410 e. The Kier molecular flexibility index (Phi) is 4.93. The molecule has 2 heterocycles. The Morgan fingerprint density at radius 3 is 2.95 bits per heavy atom. The fourth-order valence-corrected chi connectivity index (χ4v) is 2.56. The lowest BCUT2D eigenvalue weighted by Crippen LogP contribution is -2.36. The lowest BCUT2D eigenvalue weighted by molar-refractivity contribution is 0.0288. The molecule has 2 rings (SSSR count). The maximum absolute atomic E-state index is 12.0. The van der Waals surface area contributed by atoms with Gasteiger partial charge in [-0.2, -0.15) is 0 Å². The van der Waals surface area contributed by atoms with E-state index in [9.17, 15) is 4.79 Å². The van der Waals surface area contributed by atoms with Crippen molar-refractivity contribution in [1.29, 1.82) is 0 Å². The van der Waals surface area contributed by atoms with Crippen molar-refractivity contribution in [3.8, 4) is 0 Å². The van der Waals surface area contributed by atoms with Crippen LogP contribution in [-0.2, 0) is 4.74 Å². The van der Waals surface area contributed by atoms with Crippen molar-refractivity contribution >= 4 is 6.09 Å². The maximum Gasteiger partial charge on any atom is 0.410 e. The molecule has 0 aromatic carbocycles. The van der Waals surface area contributed by atoms with Gasteiger partial charge in [0.15, 0.2) is 0 Å². The predicted molar refractivity (Wildman–Crippen MR) is 83.1 cm³/mol. The second-order valence-corrected chi connectivity index (χ2v) is 6.84. The minimum absolute atomic E-state index is 0.192. The minimum Gasteiger partial charge on any atom is -0.444 e. The van der Waals surface area contributed by atoms with Crippen LogP contribution in [0, 0.1) is 5.92 Å². The van der Waals surface area contributed by atoms with Crippen LogP contribution < -0.4 is 5.32 Å². The van der Waals surface area contributed by atoms with Gasteiger partial charge in [-0.05, 0) is 52.2 Å². The van der Waals surface area contributed by atoms with E-state index in [1.165, 1.54) is 5.69 Å². The van der Waals surface area contributed by atoms with Crippen molar-refractivity contribution in [3.05, 3.63) is 24.0 Å². The molecule has 1 aromatic rings. The molecule has 118 valence electrons. The summed E-state index contributed by atoms with van der Waals surface area (Å²) in [5.74, 6) is 0.495. The zero-order valence-electron chi connectivity index (χ0n) is 13.5. The van der Waals surface area contributed by atoms with Crippen molar-refractivity contribution in [1.82, 2.24) is 15.2 Å². The molecular weight excluding hydrogens is 266 g/mol. The molecule has 0 radical (unpaired) electrons. The van der Waals surface area contributed by atoms with Gasteiger partial charge in [0.05, 0.1) is 0 Å². The van der Waals surface area contributed by atoms with Crippen LogP contribution >= 0.6 is 0 Å². The molecule has 0 unspecified atom stereocenters. The van der Waals surface area contributed by atoms with Crippen LogP contribution in [-0.4, -0.2) is 41.2 Å². The van der Waals surface area contributed by atoms with E-state index in [-0.39, 0.29) is 6.09 Å². The molecule has 1 fully saturated rings. The number of hydrogen-bond donors (Lipinski definition) is 2. The molecule has 1 amide bonds. The van der Waals surface area contributed by atoms with Gasteiger partial charge < -0.3 is 19.9 Å². The number of hydrogen-bond acceptors (Lipinski definition) is 3. The molecule has 2 atom stereocenters. The third-order valence-electron chi connectivity index (χ3n) is 3.74. The van der Waals surface area contributed by atoms with Gasteiger partial charge in [0.2, 0.25) is 0 Å². The Labute approximate surface area is 127 Å². The quantitative estimate of drug-likeness (QED) is 0.897. The Bertz CT molecular complexity index is 451. The van der Waals surface area contributed by atoms with Gasteiger partial charge in [0.25, 0.3) is 0 Å². The molecule has 2 N–H and O–H groups in total. The third kappa shape index (κ3) is 4.77. The molecule has 0 spiro atoms. The van der Waals surface area contributed by atoms with Crippen molar-refractivity contribution in [2.24, 2.45) is 5.92 Å². The van der Waals surface area contributed by atoms with Gasteiger partial charge >= 0.3 is 6.09 Å². The summed E-state index contributed by atoms with van der Waals surface area (Å²) >= 11 is 0. The van der Waals surface area contributed by atoms with Crippen LogP contribution in [0.25, 0.3) is 0 Å². The first-order valence-electron chi connectivity index (χ1n) is 7.70. The average molecular weight is 293 g/mol. The number of aromatic nitrogens is 1. The third-order valence-corrected chi connectivity index (χ3v) is 3.74. The SMILES string of the molecule is C[C@H](NC[C@@H]1CCN(C(=O)OC(C)(C)C)C1)c1ccc[nH]1. The summed E-state index contributed by atoms with van der Waals surface area (Å²) in [6.07, 6.45) is 2.78. The molecule has 0 bridgehead atoms. The average Bonchev–Trinajstić information content (AvgIpc) is 3.05. The summed E-state index contributed by atoms with van der Waals surface area (Å²) in [5, 5.41) is 3.52. The summed E-state index contributed by atoms with van der Waals surface area (Å²) in [7, 11) is 0. The van der Waals surface area contributed by atoms with Crippen LogP contribution in [0.4, 0.5) is 4.79 Å². The number of nitrogens with one attached hydrogen (secondary N) is 2. The number of nitrogens with zero attached hydrogens (tertiary/aromatic N) is 1. The minimum atomic E-state index is -0.421. The van der Waals surface area contributed by atoms with Gasteiger partial charge in [0.1, 0.15) is 5.60 Å². The number of rotatable bonds is 4. The molecule has 1 aliphatic rings. The summed E-state index contributed by atoms with van der Waals surface area (Å²) < 4.78 is 5.42. The van der Waals surface area contributed by atoms with Gasteiger partial charge in [-0.25, -0.2) is 4.79 Å². The zero-order chi connectivity index (χ0) is 15.5. The predicted octanol–water partition coefficient (Wildman–Crippen LogP) is 2.92. The highest BCUT2D eigenvalue weighted by Crippen LogP contribution is 2.20. The molecule has 0 saturated carbocycles. The topological polar surface area (TPSA) is 57.4 Å². The van der Waals surface area contributed by atoms with Crippen LogP contribution in [0.5, 0.6) is 0 Å². The lowest BCUT2D eigenvalue weighted by Gasteiger charge is -2.24. The second kappa shape index (κ2) is 6.52. The normalized spacial score (nSPS) is 20.6. The highest BCUT2D eigenvalue weighted by atomic mass is 16.6. The number of aromatic amines is 1. The highest BCUT2D eigenvalue weighted by Gasteiger charge is 2.29. The van der Waals surface area contributed by atoms with E-state index in [0.29, 0.717) is 12.0 Å². The van der Waals surface area contributed by atoms with E-state index in [2.05, 4.69) is 23.3 Å². The summed E-state index contributed by atoms with van der Waals surface area (Å²) in [6.45, 7) is 10.3. The van der Waals surface area contributed by atoms with Crippen LogP contribution in [0.1, 0.15) is 45.9 Å². The number of amides is 1. The fraction of sp³-hybridized carbons (Fsp3) is 0.688. The van der Waals surface area contributed by atoms with E-state index in [1.54, 1.807) is 0 Å². The van der Waals surface area contributed by atoms with Crippen LogP contribution in [0.3, 0.4) is 0 Å². The first-order chi connectivity index (χ1) is 9.85. The second-order valence-electron chi connectivity index (χ2n) is 6.84. The largest absolute Gasteiger partial charge is 0.444 e. The van der Waals surface area contributed by atoms with Crippen LogP contribution in [0.2, 0.25) is 0 Å². The van der Waals surface area contributed by atoms with Crippen molar-refractivity contribution in [2.45, 2.75) is 45.8 Å². The molecule has 1 aliphatic heterocycles. The maximum atomic E-state index is 12.0. The van der Waals surface area contributed by atoms with Gasteiger partial charge in [-0.1, -0.05) is 0 Å². The summed E-state index contributed by atoms with van der Waals surface area (Å²) in [6, 6.07) is 4.39. The van der Waals surface area contributed by atoms with Gasteiger partial charge in [0, 0.05) is 37.6 Å². The number of carbonyl (C=O) groups excluding carboxylic acids is 1. The van der Waals surface area contributed by atoms with Gasteiger partial charge in [-0.15, -0.1) is 0 Å². The monoisotopic (exact) mass is 293 g/mol. The van der Waals surface area contributed by atoms with E-state index < -0.39 is 5.60 Å². The first-order valence-corrected chi connectivity index (χ1v) is 7.70. The molecule has 1 aromatic heterocycles. The molecule has 0 aliphatic carbocycles. The molecule has 21 heavy (non-hydrogen) atoms. The van der Waals surface area contributed by atoms with E-state index in [4.69, 9.17) is 4.74 Å². The zero-order valence-corrected chi connectivity index (χ0v) is 13.5. The Balaban J connectivity index is 1.74. The Morgan fingerprint density at radius 2 is 2.33 bits per heavy atom. The standard InChI is InChI=1S/C16H27N3O2/c1-12(14-6-5-8-17-14)18-10-13-7-9-19(11-13)15(20)21-16(2,3)4/h5-6,8,12-13,17-18H,7,9-11H2,1-4H3/t12-,13-/m0/s1. The Morgan fingerprint density at radius 1 is 1.57 bits per heavy atom. The van der Waals surface area contributed by atoms with Crippen molar-refractivity contribution in [2.75, 3.05) is 19.6 Å². The Hall–Kier alpha value is -1.49. The van der Waals surface area contributed by atoms with E-state index in [1.807, 2.05) is 37.9 Å². The fourth-order valence-electron chi connectivity index (χ4n) is 2.56. The number of carbonyl (C=O) groups is 1.